The number of thiophene rings is 1. The zero-order chi connectivity index (χ0) is 42.8. The molecule has 9 aromatic carbocycles. The van der Waals surface area contributed by atoms with Crippen molar-refractivity contribution >= 4 is 65.6 Å². The predicted octanol–water partition coefficient (Wildman–Crippen LogP) is 15.4. The van der Waals surface area contributed by atoms with Crippen LogP contribution in [-0.2, 0) is 5.41 Å². The van der Waals surface area contributed by atoms with E-state index in [1.54, 1.807) is 11.3 Å². The van der Waals surface area contributed by atoms with Crippen LogP contribution in [0, 0.1) is 0 Å². The van der Waals surface area contributed by atoms with Crippen molar-refractivity contribution in [3.63, 3.8) is 0 Å². The molecular formula is C55H38N2S. The summed E-state index contributed by atoms with van der Waals surface area (Å²) in [7, 11) is 0. The van der Waals surface area contributed by atoms with E-state index in [0.717, 1.165) is 82.1 Å². The first-order valence-corrected chi connectivity index (χ1v) is 20.3. The Morgan fingerprint density at radius 2 is 0.828 bits per heavy atom. The second-order valence-electron chi connectivity index (χ2n) is 14.5. The average molecular weight is 764 g/mol. The molecule has 0 N–H and O–H groups in total. The van der Waals surface area contributed by atoms with Crippen molar-refractivity contribution < 1.29 is 6.85 Å². The zero-order valence-corrected chi connectivity index (χ0v) is 32.2. The summed E-state index contributed by atoms with van der Waals surface area (Å²) in [6.07, 6.45) is 0. The van der Waals surface area contributed by atoms with E-state index in [4.69, 9.17) is 4.11 Å². The molecule has 274 valence electrons. The van der Waals surface area contributed by atoms with Crippen molar-refractivity contribution in [1.82, 2.24) is 0 Å². The van der Waals surface area contributed by atoms with Gasteiger partial charge in [-0.2, -0.15) is 0 Å². The fourth-order valence-corrected chi connectivity index (χ4v) is 10.1. The van der Waals surface area contributed by atoms with Gasteiger partial charge in [0, 0.05) is 54.3 Å². The molecule has 0 atom stereocenters. The third-order valence-electron chi connectivity index (χ3n) is 11.4. The molecule has 1 aliphatic carbocycles. The maximum absolute atomic E-state index is 9.78. The van der Waals surface area contributed by atoms with Gasteiger partial charge in [0.05, 0.1) is 12.3 Å². The Hall–Kier alpha value is -7.20. The molecule has 11 rings (SSSR count). The maximum atomic E-state index is 9.78. The fourth-order valence-electron chi connectivity index (χ4n) is 9.01. The molecule has 3 heteroatoms. The van der Waals surface area contributed by atoms with E-state index in [9.17, 15) is 2.74 Å². The molecule has 1 aromatic heterocycles. The fraction of sp³-hybridized carbons (Fsp3) is 0.0182. The van der Waals surface area contributed by atoms with Crippen molar-refractivity contribution in [2.45, 2.75) is 5.41 Å². The van der Waals surface area contributed by atoms with Crippen LogP contribution in [0.15, 0.2) is 230 Å². The maximum Gasteiger partial charge on any atom is 0.0720 e. The van der Waals surface area contributed by atoms with Crippen molar-refractivity contribution in [1.29, 1.82) is 0 Å². The van der Waals surface area contributed by atoms with E-state index < -0.39 is 11.5 Å². The van der Waals surface area contributed by atoms with Gasteiger partial charge < -0.3 is 9.80 Å². The number of nitrogens with zero attached hydrogens (tertiary/aromatic N) is 2. The molecule has 0 bridgehead atoms. The van der Waals surface area contributed by atoms with E-state index in [-0.39, 0.29) is 29.7 Å². The van der Waals surface area contributed by atoms with Gasteiger partial charge in [0.15, 0.2) is 0 Å². The topological polar surface area (TPSA) is 6.48 Å². The molecule has 0 fully saturated rings. The van der Waals surface area contributed by atoms with Gasteiger partial charge >= 0.3 is 0 Å². The Balaban J connectivity index is 1.30. The lowest BCUT2D eigenvalue weighted by Crippen LogP contribution is -2.29. The van der Waals surface area contributed by atoms with Crippen molar-refractivity contribution in [2.75, 3.05) is 9.80 Å². The first-order valence-electron chi connectivity index (χ1n) is 21.9. The molecule has 1 heterocycles. The van der Waals surface area contributed by atoms with Crippen molar-refractivity contribution in [2.24, 2.45) is 0 Å². The monoisotopic (exact) mass is 763 g/mol. The lowest BCUT2D eigenvalue weighted by Gasteiger charge is -2.35. The number of benzene rings is 9. The first kappa shape index (κ1) is 29.1. The molecule has 10 aromatic rings. The lowest BCUT2D eigenvalue weighted by molar-refractivity contribution is 0.777. The summed E-state index contributed by atoms with van der Waals surface area (Å²) < 4.78 is 48.7. The van der Waals surface area contributed by atoms with E-state index >= 15 is 0 Å². The molecule has 2 nitrogen and oxygen atoms in total. The summed E-state index contributed by atoms with van der Waals surface area (Å²) in [4.78, 5) is 4.48. The van der Waals surface area contributed by atoms with E-state index in [1.807, 2.05) is 91.0 Å². The second kappa shape index (κ2) is 14.1. The van der Waals surface area contributed by atoms with E-state index in [0.29, 0.717) is 0 Å². The molecule has 0 saturated heterocycles. The molecule has 0 spiro atoms. The summed E-state index contributed by atoms with van der Waals surface area (Å²) in [6, 6.07) is 67.1. The molecule has 0 saturated carbocycles. The zero-order valence-electron chi connectivity index (χ0n) is 36.4. The summed E-state index contributed by atoms with van der Waals surface area (Å²) in [5.41, 5.74) is 9.03. The van der Waals surface area contributed by atoms with Gasteiger partial charge in [-0.1, -0.05) is 145 Å². The van der Waals surface area contributed by atoms with Gasteiger partial charge in [-0.25, -0.2) is 0 Å². The van der Waals surface area contributed by atoms with Gasteiger partial charge in [-0.3, -0.25) is 0 Å². The standard InChI is InChI=1S/C55H38N2S/c1-6-19-39(20-7-1)55(51-30-18-32-53-54(51)46-29-16-17-31-52(46)58-53)49-35-33-44(56(40-21-8-2-9-22-40)41-23-10-3-11-24-41)37-47(49)48-38-45(34-36-50(48)55)57(42-25-12-4-13-26-42)43-27-14-5-15-28-43/h1-38H/i1D,6D,7D,19D,20D. The van der Waals surface area contributed by atoms with Gasteiger partial charge in [-0.15, -0.1) is 11.3 Å². The Kier molecular flexibility index (Phi) is 7.06. The highest BCUT2D eigenvalue weighted by molar-refractivity contribution is 7.25. The largest absolute Gasteiger partial charge is 0.310 e. The highest BCUT2D eigenvalue weighted by Gasteiger charge is 2.47. The van der Waals surface area contributed by atoms with Crippen molar-refractivity contribution in [3.05, 3.63) is 253 Å². The second-order valence-corrected chi connectivity index (χ2v) is 15.6. The molecule has 0 amide bonds. The third-order valence-corrected chi connectivity index (χ3v) is 12.5. The normalized spacial score (nSPS) is 13.8. The average Bonchev–Trinajstić information content (AvgIpc) is 3.85. The van der Waals surface area contributed by atoms with Gasteiger partial charge in [0.2, 0.25) is 0 Å². The Morgan fingerprint density at radius 3 is 1.33 bits per heavy atom. The molecule has 0 unspecified atom stereocenters. The number of para-hydroxylation sites is 4. The SMILES string of the molecule is [2H]c1c([2H])c([2H])c(C2(c3cccc4sc5ccccc5c34)c3ccc(N(c4ccccc4)c4ccccc4)cc3-c3cc(N(c4ccccc4)c4ccccc4)ccc32)c([2H])c1[2H]. The van der Waals surface area contributed by atoms with Gasteiger partial charge in [0.1, 0.15) is 0 Å². The highest BCUT2D eigenvalue weighted by atomic mass is 32.1. The minimum absolute atomic E-state index is 0.225. The number of anilines is 6. The third kappa shape index (κ3) is 5.39. The Labute approximate surface area is 350 Å². The van der Waals surface area contributed by atoms with E-state index in [2.05, 4.69) is 119 Å². The Morgan fingerprint density at radius 1 is 0.379 bits per heavy atom. The summed E-state index contributed by atoms with van der Waals surface area (Å²) >= 11 is 1.70. The highest BCUT2D eigenvalue weighted by Crippen LogP contribution is 2.60. The van der Waals surface area contributed by atoms with Crippen LogP contribution in [0.2, 0.25) is 0 Å². The summed E-state index contributed by atoms with van der Waals surface area (Å²) in [6.45, 7) is 0. The smallest absolute Gasteiger partial charge is 0.0720 e. The number of rotatable bonds is 8. The van der Waals surface area contributed by atoms with E-state index in [1.165, 1.54) is 0 Å². The summed E-state index contributed by atoms with van der Waals surface area (Å²) in [5, 5.41) is 2.06. The molecule has 0 radical (unpaired) electrons. The number of fused-ring (bicyclic) bond motifs is 6. The number of hydrogen-bond acceptors (Lipinski definition) is 3. The van der Waals surface area contributed by atoms with Gasteiger partial charge in [0.25, 0.3) is 0 Å². The Bertz CT molecular complexity index is 3120. The first-order chi connectivity index (χ1) is 30.9. The van der Waals surface area contributed by atoms with Crippen LogP contribution in [0.5, 0.6) is 0 Å². The molecular weight excluding hydrogens is 721 g/mol. The van der Waals surface area contributed by atoms with Crippen LogP contribution in [-0.4, -0.2) is 0 Å². The quantitative estimate of drug-likeness (QED) is 0.152. The van der Waals surface area contributed by atoms with Crippen LogP contribution in [0.3, 0.4) is 0 Å². The van der Waals surface area contributed by atoms with Crippen LogP contribution < -0.4 is 9.80 Å². The molecule has 0 aliphatic heterocycles. The van der Waals surface area contributed by atoms with Crippen LogP contribution in [0.4, 0.5) is 34.1 Å². The van der Waals surface area contributed by atoms with Gasteiger partial charge in [-0.05, 0) is 118 Å². The number of hydrogen-bond donors (Lipinski definition) is 0. The minimum Gasteiger partial charge on any atom is -0.310 e. The van der Waals surface area contributed by atoms with Crippen LogP contribution in [0.1, 0.15) is 29.1 Å². The van der Waals surface area contributed by atoms with Crippen molar-refractivity contribution in [3.8, 4) is 11.1 Å². The molecule has 1 aliphatic rings. The predicted molar refractivity (Wildman–Crippen MR) is 246 cm³/mol. The lowest BCUT2D eigenvalue weighted by atomic mass is 9.66. The van der Waals surface area contributed by atoms with Crippen LogP contribution >= 0.6 is 11.3 Å². The molecule has 58 heavy (non-hydrogen) atoms. The van der Waals surface area contributed by atoms with Crippen LogP contribution in [0.25, 0.3) is 31.3 Å². The minimum atomic E-state index is -1.34. The summed E-state index contributed by atoms with van der Waals surface area (Å²) in [5.74, 6) is 0.